The van der Waals surface area contributed by atoms with Gasteiger partial charge < -0.3 is 10.2 Å². The zero-order valence-electron chi connectivity index (χ0n) is 13.8. The van der Waals surface area contributed by atoms with Crippen molar-refractivity contribution in [1.82, 2.24) is 19.7 Å². The maximum Gasteiger partial charge on any atom is 0.149 e. The molecule has 0 saturated carbocycles. The van der Waals surface area contributed by atoms with Crippen LogP contribution >= 0.6 is 0 Å². The minimum absolute atomic E-state index is 0.299. The van der Waals surface area contributed by atoms with E-state index < -0.39 is 0 Å². The lowest BCUT2D eigenvalue weighted by molar-refractivity contribution is 0.402. The van der Waals surface area contributed by atoms with E-state index in [1.54, 1.807) is 30.7 Å². The van der Waals surface area contributed by atoms with Crippen molar-refractivity contribution in [3.63, 3.8) is 0 Å². The molecule has 0 atom stereocenters. The lowest BCUT2D eigenvalue weighted by Crippen LogP contribution is -2.11. The maximum atomic E-state index is 14.2. The molecule has 0 fully saturated rings. The van der Waals surface area contributed by atoms with E-state index in [0.29, 0.717) is 12.2 Å². The molecule has 0 aliphatic rings. The topological polar surface area (TPSA) is 46.0 Å². The van der Waals surface area contributed by atoms with Gasteiger partial charge in [0.25, 0.3) is 0 Å². The highest BCUT2D eigenvalue weighted by Crippen LogP contribution is 2.16. The summed E-state index contributed by atoms with van der Waals surface area (Å²) < 4.78 is 15.7. The number of rotatable bonds is 6. The molecule has 3 rings (SSSR count). The quantitative estimate of drug-likeness (QED) is 0.756. The molecule has 2 aromatic heterocycles. The van der Waals surface area contributed by atoms with E-state index in [4.69, 9.17) is 0 Å². The van der Waals surface area contributed by atoms with Gasteiger partial charge in [-0.15, -0.1) is 0 Å². The number of hydrogen-bond donors (Lipinski definition) is 1. The lowest BCUT2D eigenvalue weighted by atomic mass is 10.2. The summed E-state index contributed by atoms with van der Waals surface area (Å²) in [6.07, 6.45) is 5.13. The highest BCUT2D eigenvalue weighted by molar-refractivity contribution is 5.40. The third-order valence-electron chi connectivity index (χ3n) is 3.56. The van der Waals surface area contributed by atoms with E-state index in [1.807, 2.05) is 32.3 Å². The van der Waals surface area contributed by atoms with Gasteiger partial charge in [-0.3, -0.25) is 0 Å². The summed E-state index contributed by atoms with van der Waals surface area (Å²) in [6.45, 7) is 1.36. The van der Waals surface area contributed by atoms with Gasteiger partial charge in [0.15, 0.2) is 0 Å². The SMILES string of the molecule is CN(C)Cc1ccnc(NCc2ccc(-n3cccn3)c(F)c2)c1. The zero-order chi connectivity index (χ0) is 16.9. The van der Waals surface area contributed by atoms with Crippen LogP contribution in [-0.4, -0.2) is 33.8 Å². The summed E-state index contributed by atoms with van der Waals surface area (Å²) in [5, 5.41) is 7.29. The van der Waals surface area contributed by atoms with Gasteiger partial charge in [-0.25, -0.2) is 14.1 Å². The van der Waals surface area contributed by atoms with Crippen molar-refractivity contribution in [2.75, 3.05) is 19.4 Å². The first-order chi connectivity index (χ1) is 11.6. The highest BCUT2D eigenvalue weighted by Gasteiger charge is 2.06. The minimum atomic E-state index is -0.299. The van der Waals surface area contributed by atoms with Crippen molar-refractivity contribution in [3.8, 4) is 5.69 Å². The summed E-state index contributed by atoms with van der Waals surface area (Å²) in [6, 6.07) is 10.9. The predicted molar refractivity (Wildman–Crippen MR) is 92.5 cm³/mol. The van der Waals surface area contributed by atoms with Crippen LogP contribution in [0.3, 0.4) is 0 Å². The zero-order valence-corrected chi connectivity index (χ0v) is 13.8. The molecule has 3 aromatic rings. The third kappa shape index (κ3) is 3.97. The third-order valence-corrected chi connectivity index (χ3v) is 3.56. The number of benzene rings is 1. The van der Waals surface area contributed by atoms with E-state index >= 15 is 0 Å². The van der Waals surface area contributed by atoms with Crippen LogP contribution in [0.25, 0.3) is 5.69 Å². The van der Waals surface area contributed by atoms with Crippen LogP contribution < -0.4 is 5.32 Å². The molecule has 0 radical (unpaired) electrons. The molecular weight excluding hydrogens is 305 g/mol. The molecule has 2 heterocycles. The molecule has 0 amide bonds. The maximum absolute atomic E-state index is 14.2. The molecule has 24 heavy (non-hydrogen) atoms. The summed E-state index contributed by atoms with van der Waals surface area (Å²) in [7, 11) is 4.05. The number of aromatic nitrogens is 3. The van der Waals surface area contributed by atoms with E-state index in [-0.39, 0.29) is 5.82 Å². The summed E-state index contributed by atoms with van der Waals surface area (Å²) >= 11 is 0. The fourth-order valence-electron chi connectivity index (χ4n) is 2.48. The van der Waals surface area contributed by atoms with Crippen LogP contribution in [0.15, 0.2) is 55.0 Å². The molecule has 0 bridgehead atoms. The number of nitrogens with zero attached hydrogens (tertiary/aromatic N) is 4. The molecule has 0 spiro atoms. The number of halogens is 1. The Morgan fingerprint density at radius 2 is 2.00 bits per heavy atom. The summed E-state index contributed by atoms with van der Waals surface area (Å²) in [5.74, 6) is 0.484. The van der Waals surface area contributed by atoms with Gasteiger partial charge in [-0.05, 0) is 55.6 Å². The van der Waals surface area contributed by atoms with Gasteiger partial charge in [0, 0.05) is 31.7 Å². The van der Waals surface area contributed by atoms with Crippen LogP contribution in [0, 0.1) is 5.82 Å². The molecule has 124 valence electrons. The Bertz CT molecular complexity index is 799. The van der Waals surface area contributed by atoms with E-state index in [1.165, 1.54) is 16.3 Å². The monoisotopic (exact) mass is 325 g/mol. The lowest BCUT2D eigenvalue weighted by Gasteiger charge is -2.12. The number of hydrogen-bond acceptors (Lipinski definition) is 4. The molecular formula is C18H20FN5. The Kier molecular flexibility index (Phi) is 4.86. The van der Waals surface area contributed by atoms with Crippen LogP contribution in [0.1, 0.15) is 11.1 Å². The van der Waals surface area contributed by atoms with Crippen LogP contribution in [0.4, 0.5) is 10.2 Å². The van der Waals surface area contributed by atoms with Crippen molar-refractivity contribution in [2.45, 2.75) is 13.1 Å². The predicted octanol–water partition coefficient (Wildman–Crippen LogP) is 3.08. The number of anilines is 1. The Balaban J connectivity index is 1.68. The van der Waals surface area contributed by atoms with Crippen molar-refractivity contribution >= 4 is 5.82 Å². The first-order valence-electron chi connectivity index (χ1n) is 7.74. The fourth-order valence-corrected chi connectivity index (χ4v) is 2.48. The van der Waals surface area contributed by atoms with Crippen LogP contribution in [-0.2, 0) is 13.1 Å². The second-order valence-corrected chi connectivity index (χ2v) is 5.88. The Labute approximate surface area is 140 Å². The van der Waals surface area contributed by atoms with Gasteiger partial charge in [0.2, 0.25) is 0 Å². The fraction of sp³-hybridized carbons (Fsp3) is 0.222. The van der Waals surface area contributed by atoms with Gasteiger partial charge in [0.1, 0.15) is 17.3 Å². The van der Waals surface area contributed by atoms with E-state index in [2.05, 4.69) is 20.3 Å². The van der Waals surface area contributed by atoms with Gasteiger partial charge >= 0.3 is 0 Å². The Morgan fingerprint density at radius 1 is 1.12 bits per heavy atom. The summed E-state index contributed by atoms with van der Waals surface area (Å²) in [5.41, 5.74) is 2.47. The summed E-state index contributed by atoms with van der Waals surface area (Å²) in [4.78, 5) is 6.40. The second-order valence-electron chi connectivity index (χ2n) is 5.88. The number of pyridine rings is 1. The van der Waals surface area contributed by atoms with Gasteiger partial charge in [-0.2, -0.15) is 5.10 Å². The standard InChI is InChI=1S/C18H20FN5/c1-23(2)13-15-6-8-20-18(11-15)21-12-14-4-5-17(16(19)10-14)24-9-3-7-22-24/h3-11H,12-13H2,1-2H3,(H,20,21). The van der Waals surface area contributed by atoms with E-state index in [0.717, 1.165) is 17.9 Å². The highest BCUT2D eigenvalue weighted by atomic mass is 19.1. The van der Waals surface area contributed by atoms with E-state index in [9.17, 15) is 4.39 Å². The molecule has 0 saturated heterocycles. The average Bonchev–Trinajstić information content (AvgIpc) is 3.07. The van der Waals surface area contributed by atoms with Crippen molar-refractivity contribution < 1.29 is 4.39 Å². The minimum Gasteiger partial charge on any atom is -0.366 e. The smallest absolute Gasteiger partial charge is 0.149 e. The first kappa shape index (κ1) is 16.1. The van der Waals surface area contributed by atoms with Gasteiger partial charge in [-0.1, -0.05) is 6.07 Å². The molecule has 0 unspecified atom stereocenters. The van der Waals surface area contributed by atoms with Gasteiger partial charge in [0.05, 0.1) is 0 Å². The van der Waals surface area contributed by atoms with Crippen LogP contribution in [0.5, 0.6) is 0 Å². The van der Waals surface area contributed by atoms with Crippen LogP contribution in [0.2, 0.25) is 0 Å². The Hall–Kier alpha value is -2.73. The average molecular weight is 325 g/mol. The molecule has 5 nitrogen and oxygen atoms in total. The molecule has 0 aliphatic carbocycles. The molecule has 1 N–H and O–H groups in total. The normalized spacial score (nSPS) is 11.0. The first-order valence-corrected chi connectivity index (χ1v) is 7.74. The molecule has 1 aromatic carbocycles. The van der Waals surface area contributed by atoms with Crippen molar-refractivity contribution in [1.29, 1.82) is 0 Å². The second kappa shape index (κ2) is 7.23. The largest absolute Gasteiger partial charge is 0.366 e. The Morgan fingerprint density at radius 3 is 2.71 bits per heavy atom. The van der Waals surface area contributed by atoms with Crippen molar-refractivity contribution in [3.05, 3.63) is 71.9 Å². The molecule has 6 heteroatoms. The van der Waals surface area contributed by atoms with Crippen molar-refractivity contribution in [2.24, 2.45) is 0 Å². The molecule has 0 aliphatic heterocycles. The number of nitrogens with one attached hydrogen (secondary N) is 1.